The van der Waals surface area contributed by atoms with Crippen molar-refractivity contribution in [1.82, 2.24) is 10.2 Å². The summed E-state index contributed by atoms with van der Waals surface area (Å²) < 4.78 is 4.62. The van der Waals surface area contributed by atoms with E-state index < -0.39 is 11.9 Å². The lowest BCUT2D eigenvalue weighted by Gasteiger charge is -2.10. The maximum Gasteiger partial charge on any atom is 0.356 e. The summed E-state index contributed by atoms with van der Waals surface area (Å²) in [5, 5.41) is 2.50. The highest BCUT2D eigenvalue weighted by atomic mass is 16.5. The van der Waals surface area contributed by atoms with E-state index in [-0.39, 0.29) is 5.70 Å². The molecule has 1 aromatic carbocycles. The average molecular weight is 288 g/mol. The predicted octanol–water partition coefficient (Wildman–Crippen LogP) is 1.70. The van der Waals surface area contributed by atoms with Gasteiger partial charge in [-0.1, -0.05) is 29.8 Å². The maximum absolute atomic E-state index is 11.8. The molecule has 0 radical (unpaired) electrons. The van der Waals surface area contributed by atoms with E-state index in [2.05, 4.69) is 10.1 Å². The molecule has 1 rings (SSSR count). The molecule has 0 heterocycles. The van der Waals surface area contributed by atoms with Gasteiger partial charge in [0.15, 0.2) is 0 Å². The third-order valence-electron chi connectivity index (χ3n) is 2.55. The fraction of sp³-hybridized carbons (Fsp3) is 0.250. The molecular weight excluding hydrogens is 268 g/mol. The fourth-order valence-electron chi connectivity index (χ4n) is 1.53. The minimum absolute atomic E-state index is 0.0843. The third kappa shape index (κ3) is 5.95. The summed E-state index contributed by atoms with van der Waals surface area (Å²) in [7, 11) is 4.76. The molecule has 0 spiro atoms. The van der Waals surface area contributed by atoms with E-state index in [1.165, 1.54) is 19.4 Å². The van der Waals surface area contributed by atoms with Crippen LogP contribution in [0.3, 0.4) is 0 Å². The lowest BCUT2D eigenvalue weighted by molar-refractivity contribution is -0.137. The van der Waals surface area contributed by atoms with Gasteiger partial charge in [-0.15, -0.1) is 0 Å². The van der Waals surface area contributed by atoms with E-state index >= 15 is 0 Å². The normalized spacial score (nSPS) is 11.3. The van der Waals surface area contributed by atoms with Crippen LogP contribution in [0.4, 0.5) is 0 Å². The SMILES string of the molecule is COC(=O)/C(=C/N(C)C)NC(=O)/C=C/c1ccc(C)cc1. The molecule has 1 amide bonds. The second kappa shape index (κ2) is 7.89. The van der Waals surface area contributed by atoms with Crippen molar-refractivity contribution in [2.45, 2.75) is 6.92 Å². The van der Waals surface area contributed by atoms with Crippen molar-refractivity contribution < 1.29 is 14.3 Å². The minimum atomic E-state index is -0.596. The molecule has 5 nitrogen and oxygen atoms in total. The fourth-order valence-corrected chi connectivity index (χ4v) is 1.53. The van der Waals surface area contributed by atoms with Crippen molar-refractivity contribution in [3.63, 3.8) is 0 Å². The van der Waals surface area contributed by atoms with Gasteiger partial charge in [0, 0.05) is 26.4 Å². The van der Waals surface area contributed by atoms with Crippen LogP contribution >= 0.6 is 0 Å². The van der Waals surface area contributed by atoms with Crippen LogP contribution < -0.4 is 5.32 Å². The number of rotatable bonds is 5. The Hall–Kier alpha value is -2.56. The Morgan fingerprint density at radius 3 is 2.33 bits per heavy atom. The van der Waals surface area contributed by atoms with Gasteiger partial charge in [0.2, 0.25) is 5.91 Å². The van der Waals surface area contributed by atoms with Gasteiger partial charge in [0.1, 0.15) is 5.70 Å². The second-order valence-electron chi connectivity index (χ2n) is 4.73. The maximum atomic E-state index is 11.8. The van der Waals surface area contributed by atoms with Gasteiger partial charge >= 0.3 is 5.97 Å². The van der Waals surface area contributed by atoms with E-state index in [0.717, 1.165) is 11.1 Å². The van der Waals surface area contributed by atoms with Crippen molar-refractivity contribution in [2.24, 2.45) is 0 Å². The van der Waals surface area contributed by atoms with E-state index in [1.807, 2.05) is 31.2 Å². The Morgan fingerprint density at radius 1 is 1.19 bits per heavy atom. The van der Waals surface area contributed by atoms with Crippen LogP contribution in [-0.4, -0.2) is 38.0 Å². The number of ether oxygens (including phenoxy) is 1. The molecule has 1 N–H and O–H groups in total. The lowest BCUT2D eigenvalue weighted by Crippen LogP contribution is -2.28. The first-order chi connectivity index (χ1) is 9.92. The Labute approximate surface area is 124 Å². The Bertz CT molecular complexity index is 557. The molecule has 5 heteroatoms. The smallest absolute Gasteiger partial charge is 0.356 e. The number of carbonyl (C=O) groups is 2. The Kier molecular flexibility index (Phi) is 6.20. The number of benzene rings is 1. The molecule has 0 aromatic heterocycles. The standard InChI is InChI=1S/C16H20N2O3/c1-12-5-7-13(8-6-12)9-10-15(19)17-14(11-18(2)3)16(20)21-4/h5-11H,1-4H3,(H,17,19)/b10-9+,14-11-. The van der Waals surface area contributed by atoms with Gasteiger partial charge in [-0.05, 0) is 18.6 Å². The van der Waals surface area contributed by atoms with Crippen LogP contribution in [0, 0.1) is 6.92 Å². The number of amides is 1. The summed E-state index contributed by atoms with van der Waals surface area (Å²) in [5.74, 6) is -0.991. The summed E-state index contributed by atoms with van der Waals surface area (Å²) >= 11 is 0. The summed E-state index contributed by atoms with van der Waals surface area (Å²) in [5.41, 5.74) is 2.14. The lowest BCUT2D eigenvalue weighted by atomic mass is 10.1. The van der Waals surface area contributed by atoms with Crippen molar-refractivity contribution in [3.8, 4) is 0 Å². The highest BCUT2D eigenvalue weighted by molar-refractivity contribution is 5.99. The van der Waals surface area contributed by atoms with Crippen LogP contribution in [0.5, 0.6) is 0 Å². The second-order valence-corrected chi connectivity index (χ2v) is 4.73. The highest BCUT2D eigenvalue weighted by Gasteiger charge is 2.12. The van der Waals surface area contributed by atoms with Gasteiger partial charge in [-0.2, -0.15) is 0 Å². The summed E-state index contributed by atoms with van der Waals surface area (Å²) in [6.07, 6.45) is 4.54. The monoisotopic (exact) mass is 288 g/mol. The molecule has 0 aliphatic carbocycles. The number of methoxy groups -OCH3 is 1. The molecule has 0 unspecified atom stereocenters. The molecular formula is C16H20N2O3. The number of nitrogens with one attached hydrogen (secondary N) is 1. The number of aryl methyl sites for hydroxylation is 1. The molecule has 0 fully saturated rings. The van der Waals surface area contributed by atoms with Crippen molar-refractivity contribution in [3.05, 3.63) is 53.4 Å². The van der Waals surface area contributed by atoms with Crippen LogP contribution in [-0.2, 0) is 14.3 Å². The number of esters is 1. The largest absolute Gasteiger partial charge is 0.464 e. The van der Waals surface area contributed by atoms with E-state index in [0.29, 0.717) is 0 Å². The number of hydrogen-bond acceptors (Lipinski definition) is 4. The van der Waals surface area contributed by atoms with E-state index in [9.17, 15) is 9.59 Å². The molecule has 0 saturated heterocycles. The molecule has 0 saturated carbocycles. The minimum Gasteiger partial charge on any atom is -0.464 e. The number of nitrogens with zero attached hydrogens (tertiary/aromatic N) is 1. The van der Waals surface area contributed by atoms with Crippen LogP contribution in [0.2, 0.25) is 0 Å². The molecule has 0 aliphatic heterocycles. The van der Waals surface area contributed by atoms with Crippen molar-refractivity contribution in [2.75, 3.05) is 21.2 Å². The quantitative estimate of drug-likeness (QED) is 0.662. The number of hydrogen-bond donors (Lipinski definition) is 1. The van der Waals surface area contributed by atoms with Gasteiger partial charge < -0.3 is 15.0 Å². The topological polar surface area (TPSA) is 58.6 Å². The molecule has 0 aliphatic rings. The predicted molar refractivity (Wildman–Crippen MR) is 82.1 cm³/mol. The van der Waals surface area contributed by atoms with Crippen LogP contribution in [0.15, 0.2) is 42.2 Å². The molecule has 0 atom stereocenters. The van der Waals surface area contributed by atoms with E-state index in [1.54, 1.807) is 25.1 Å². The first-order valence-electron chi connectivity index (χ1n) is 6.44. The molecule has 112 valence electrons. The Morgan fingerprint density at radius 2 is 1.81 bits per heavy atom. The zero-order chi connectivity index (χ0) is 15.8. The average Bonchev–Trinajstić information content (AvgIpc) is 2.44. The van der Waals surface area contributed by atoms with Gasteiger partial charge in [0.05, 0.1) is 7.11 Å². The van der Waals surface area contributed by atoms with Crippen molar-refractivity contribution >= 4 is 18.0 Å². The summed E-state index contributed by atoms with van der Waals surface area (Å²) in [4.78, 5) is 25.0. The first-order valence-corrected chi connectivity index (χ1v) is 6.44. The highest BCUT2D eigenvalue weighted by Crippen LogP contribution is 2.05. The van der Waals surface area contributed by atoms with E-state index in [4.69, 9.17) is 0 Å². The third-order valence-corrected chi connectivity index (χ3v) is 2.55. The van der Waals surface area contributed by atoms with Gasteiger partial charge in [0.25, 0.3) is 0 Å². The van der Waals surface area contributed by atoms with Gasteiger partial charge in [-0.25, -0.2) is 4.79 Å². The van der Waals surface area contributed by atoms with Crippen molar-refractivity contribution in [1.29, 1.82) is 0 Å². The van der Waals surface area contributed by atoms with Crippen LogP contribution in [0.25, 0.3) is 6.08 Å². The molecule has 21 heavy (non-hydrogen) atoms. The molecule has 1 aromatic rings. The van der Waals surface area contributed by atoms with Gasteiger partial charge in [-0.3, -0.25) is 4.79 Å². The number of carbonyl (C=O) groups excluding carboxylic acids is 2. The first kappa shape index (κ1) is 16.5. The zero-order valence-corrected chi connectivity index (χ0v) is 12.7. The summed E-state index contributed by atoms with van der Waals surface area (Å²) in [6.45, 7) is 1.99. The summed E-state index contributed by atoms with van der Waals surface area (Å²) in [6, 6.07) is 7.75. The zero-order valence-electron chi connectivity index (χ0n) is 12.7. The Balaban J connectivity index is 2.74. The van der Waals surface area contributed by atoms with Crippen LogP contribution in [0.1, 0.15) is 11.1 Å². The molecule has 0 bridgehead atoms.